The monoisotopic (exact) mass is 242 g/mol. The van der Waals surface area contributed by atoms with Gasteiger partial charge in [0, 0.05) is 7.11 Å². The Hall–Kier alpha value is -0.910. The largest absolute Gasteiger partial charge is 0.442 e. The molecule has 0 bridgehead atoms. The van der Waals surface area contributed by atoms with Crippen LogP contribution in [0.2, 0.25) is 0 Å². The standard InChI is InChI=1S/C12H22N2O3/c1-4-5-13-10(2)12-14-8-11(17-12)9-16-7-6-15-3/h8,10,13H,4-7,9H2,1-3H3. The summed E-state index contributed by atoms with van der Waals surface area (Å²) in [4.78, 5) is 4.23. The van der Waals surface area contributed by atoms with Gasteiger partial charge in [0.25, 0.3) is 0 Å². The minimum absolute atomic E-state index is 0.141. The molecule has 5 heteroatoms. The molecule has 1 aromatic heterocycles. The third-order valence-electron chi connectivity index (χ3n) is 2.32. The van der Waals surface area contributed by atoms with Gasteiger partial charge < -0.3 is 19.2 Å². The summed E-state index contributed by atoms with van der Waals surface area (Å²) in [7, 11) is 1.65. The van der Waals surface area contributed by atoms with Crippen LogP contribution in [-0.2, 0) is 16.1 Å². The SMILES string of the molecule is CCCNC(C)c1ncc(COCCOC)o1. The summed E-state index contributed by atoms with van der Waals surface area (Å²) in [5, 5.41) is 3.32. The number of methoxy groups -OCH3 is 1. The van der Waals surface area contributed by atoms with E-state index in [-0.39, 0.29) is 6.04 Å². The van der Waals surface area contributed by atoms with E-state index in [1.807, 2.05) is 6.92 Å². The van der Waals surface area contributed by atoms with Gasteiger partial charge in [0.15, 0.2) is 0 Å². The van der Waals surface area contributed by atoms with Crippen molar-refractivity contribution in [2.24, 2.45) is 0 Å². The zero-order chi connectivity index (χ0) is 12.5. The van der Waals surface area contributed by atoms with Crippen LogP contribution in [0.3, 0.4) is 0 Å². The predicted octanol–water partition coefficient (Wildman–Crippen LogP) is 1.90. The molecule has 0 aliphatic heterocycles. The molecular weight excluding hydrogens is 220 g/mol. The number of aromatic nitrogens is 1. The molecule has 1 N–H and O–H groups in total. The Morgan fingerprint density at radius 2 is 2.29 bits per heavy atom. The molecule has 0 fully saturated rings. The van der Waals surface area contributed by atoms with Gasteiger partial charge in [-0.15, -0.1) is 0 Å². The van der Waals surface area contributed by atoms with E-state index in [1.165, 1.54) is 0 Å². The van der Waals surface area contributed by atoms with Gasteiger partial charge in [-0.05, 0) is 19.9 Å². The number of hydrogen-bond acceptors (Lipinski definition) is 5. The first-order chi connectivity index (χ1) is 8.27. The van der Waals surface area contributed by atoms with Gasteiger partial charge in [-0.1, -0.05) is 6.92 Å². The van der Waals surface area contributed by atoms with Crippen molar-refractivity contribution in [2.75, 3.05) is 26.9 Å². The Kier molecular flexibility index (Phi) is 6.84. The average Bonchev–Trinajstić information content (AvgIpc) is 2.80. The number of oxazole rings is 1. The van der Waals surface area contributed by atoms with Crippen molar-refractivity contribution in [2.45, 2.75) is 32.9 Å². The third kappa shape index (κ3) is 5.30. The van der Waals surface area contributed by atoms with Gasteiger partial charge in [0.1, 0.15) is 12.4 Å². The van der Waals surface area contributed by atoms with Crippen LogP contribution in [-0.4, -0.2) is 31.9 Å². The summed E-state index contributed by atoms with van der Waals surface area (Å²) in [5.41, 5.74) is 0. The predicted molar refractivity (Wildman–Crippen MR) is 64.7 cm³/mol. The highest BCUT2D eigenvalue weighted by Gasteiger charge is 2.11. The second-order valence-corrected chi connectivity index (χ2v) is 3.89. The number of hydrogen-bond donors (Lipinski definition) is 1. The summed E-state index contributed by atoms with van der Waals surface area (Å²) >= 11 is 0. The highest BCUT2D eigenvalue weighted by Crippen LogP contribution is 2.13. The molecule has 1 heterocycles. The summed E-state index contributed by atoms with van der Waals surface area (Å²) in [5.74, 6) is 1.46. The normalized spacial score (nSPS) is 12.9. The molecule has 0 amide bonds. The second kappa shape index (κ2) is 8.22. The molecule has 0 aromatic carbocycles. The fraction of sp³-hybridized carbons (Fsp3) is 0.750. The average molecular weight is 242 g/mol. The maximum Gasteiger partial charge on any atom is 0.211 e. The molecule has 1 aromatic rings. The lowest BCUT2D eigenvalue weighted by Crippen LogP contribution is -2.19. The van der Waals surface area contributed by atoms with Crippen molar-refractivity contribution >= 4 is 0 Å². The van der Waals surface area contributed by atoms with Gasteiger partial charge in [-0.2, -0.15) is 0 Å². The maximum absolute atomic E-state index is 5.58. The van der Waals surface area contributed by atoms with Crippen molar-refractivity contribution in [3.05, 3.63) is 17.8 Å². The lowest BCUT2D eigenvalue weighted by atomic mass is 10.3. The van der Waals surface area contributed by atoms with Gasteiger partial charge in [-0.3, -0.25) is 0 Å². The van der Waals surface area contributed by atoms with Crippen LogP contribution in [0.5, 0.6) is 0 Å². The Morgan fingerprint density at radius 1 is 1.47 bits per heavy atom. The van der Waals surface area contributed by atoms with Gasteiger partial charge >= 0.3 is 0 Å². The first kappa shape index (κ1) is 14.2. The van der Waals surface area contributed by atoms with E-state index in [4.69, 9.17) is 13.9 Å². The van der Waals surface area contributed by atoms with Crippen LogP contribution in [0.25, 0.3) is 0 Å². The highest BCUT2D eigenvalue weighted by atomic mass is 16.5. The van der Waals surface area contributed by atoms with Crippen molar-refractivity contribution in [3.8, 4) is 0 Å². The van der Waals surface area contributed by atoms with E-state index in [0.717, 1.165) is 18.7 Å². The molecule has 0 aliphatic rings. The quantitative estimate of drug-likeness (QED) is 0.670. The van der Waals surface area contributed by atoms with E-state index in [9.17, 15) is 0 Å². The molecule has 0 saturated carbocycles. The van der Waals surface area contributed by atoms with Crippen LogP contribution < -0.4 is 5.32 Å². The van der Waals surface area contributed by atoms with Gasteiger partial charge in [-0.25, -0.2) is 4.98 Å². The smallest absolute Gasteiger partial charge is 0.211 e. The fourth-order valence-electron chi connectivity index (χ4n) is 1.35. The molecule has 0 aliphatic carbocycles. The molecule has 1 atom stereocenters. The summed E-state index contributed by atoms with van der Waals surface area (Å²) in [6, 6.07) is 0.141. The van der Waals surface area contributed by atoms with Crippen molar-refractivity contribution < 1.29 is 13.9 Å². The summed E-state index contributed by atoms with van der Waals surface area (Å²) in [6.07, 6.45) is 2.81. The van der Waals surface area contributed by atoms with Crippen LogP contribution in [0.15, 0.2) is 10.6 Å². The molecular formula is C12H22N2O3. The third-order valence-corrected chi connectivity index (χ3v) is 2.32. The molecule has 17 heavy (non-hydrogen) atoms. The van der Waals surface area contributed by atoms with Crippen LogP contribution in [0.4, 0.5) is 0 Å². The fourth-order valence-corrected chi connectivity index (χ4v) is 1.35. The van der Waals surface area contributed by atoms with E-state index in [2.05, 4.69) is 17.2 Å². The first-order valence-corrected chi connectivity index (χ1v) is 6.02. The number of nitrogens with zero attached hydrogens (tertiary/aromatic N) is 1. The Labute approximate surface area is 103 Å². The topological polar surface area (TPSA) is 56.5 Å². The van der Waals surface area contributed by atoms with E-state index < -0.39 is 0 Å². The molecule has 98 valence electrons. The summed E-state index contributed by atoms with van der Waals surface area (Å²) < 4.78 is 15.8. The lowest BCUT2D eigenvalue weighted by Gasteiger charge is -2.08. The van der Waals surface area contributed by atoms with Gasteiger partial charge in [0.05, 0.1) is 25.5 Å². The van der Waals surface area contributed by atoms with Crippen molar-refractivity contribution in [3.63, 3.8) is 0 Å². The van der Waals surface area contributed by atoms with Crippen LogP contribution in [0.1, 0.15) is 38.0 Å². The van der Waals surface area contributed by atoms with Crippen LogP contribution >= 0.6 is 0 Å². The van der Waals surface area contributed by atoms with Crippen molar-refractivity contribution in [1.82, 2.24) is 10.3 Å². The maximum atomic E-state index is 5.58. The number of ether oxygens (including phenoxy) is 2. The number of rotatable bonds is 9. The van der Waals surface area contributed by atoms with Crippen LogP contribution in [0, 0.1) is 0 Å². The zero-order valence-corrected chi connectivity index (χ0v) is 10.9. The Bertz CT molecular complexity index is 302. The molecule has 0 saturated heterocycles. The van der Waals surface area contributed by atoms with E-state index in [1.54, 1.807) is 13.3 Å². The second-order valence-electron chi connectivity index (χ2n) is 3.89. The zero-order valence-electron chi connectivity index (χ0n) is 10.9. The summed E-state index contributed by atoms with van der Waals surface area (Å²) in [6.45, 7) is 6.73. The van der Waals surface area contributed by atoms with Crippen molar-refractivity contribution in [1.29, 1.82) is 0 Å². The Balaban J connectivity index is 2.31. The van der Waals surface area contributed by atoms with E-state index >= 15 is 0 Å². The molecule has 0 spiro atoms. The molecule has 5 nitrogen and oxygen atoms in total. The Morgan fingerprint density at radius 3 is 3.00 bits per heavy atom. The van der Waals surface area contributed by atoms with E-state index in [0.29, 0.717) is 25.7 Å². The number of nitrogens with one attached hydrogen (secondary N) is 1. The lowest BCUT2D eigenvalue weighted by molar-refractivity contribution is 0.0531. The van der Waals surface area contributed by atoms with Gasteiger partial charge in [0.2, 0.25) is 5.89 Å². The first-order valence-electron chi connectivity index (χ1n) is 6.02. The molecule has 1 rings (SSSR count). The highest BCUT2D eigenvalue weighted by molar-refractivity contribution is 4.96. The minimum Gasteiger partial charge on any atom is -0.442 e. The molecule has 0 radical (unpaired) electrons. The minimum atomic E-state index is 0.141. The molecule has 1 unspecified atom stereocenters.